The van der Waals surface area contributed by atoms with Gasteiger partial charge in [0.25, 0.3) is 0 Å². The molecule has 0 spiro atoms. The fraction of sp³-hybridized carbons (Fsp3) is 0.400. The summed E-state index contributed by atoms with van der Waals surface area (Å²) < 4.78 is 1.77. The van der Waals surface area contributed by atoms with Gasteiger partial charge in [-0.3, -0.25) is 9.20 Å². The zero-order chi connectivity index (χ0) is 12.3. The molecule has 0 fully saturated rings. The molecule has 17 heavy (non-hydrogen) atoms. The third-order valence-corrected chi connectivity index (χ3v) is 2.35. The van der Waals surface area contributed by atoms with Crippen molar-refractivity contribution >= 4 is 17.4 Å². The molecule has 7 nitrogen and oxygen atoms in total. The Kier molecular flexibility index (Phi) is 3.17. The van der Waals surface area contributed by atoms with Crippen LogP contribution < -0.4 is 5.32 Å². The summed E-state index contributed by atoms with van der Waals surface area (Å²) >= 11 is 0. The fourth-order valence-corrected chi connectivity index (χ4v) is 1.39. The van der Waals surface area contributed by atoms with E-state index in [2.05, 4.69) is 20.5 Å². The highest BCUT2D eigenvalue weighted by molar-refractivity contribution is 5.76. The van der Waals surface area contributed by atoms with Crippen molar-refractivity contribution in [3.8, 4) is 0 Å². The van der Waals surface area contributed by atoms with Gasteiger partial charge < -0.3 is 10.2 Å². The zero-order valence-electron chi connectivity index (χ0n) is 9.79. The van der Waals surface area contributed by atoms with Crippen molar-refractivity contribution in [2.75, 3.05) is 26.0 Å². The summed E-state index contributed by atoms with van der Waals surface area (Å²) in [5, 5.41) is 10.8. The molecule has 90 valence electrons. The lowest BCUT2D eigenvalue weighted by Crippen LogP contribution is -2.24. The molecule has 0 aliphatic carbocycles. The minimum Gasteiger partial charge on any atom is -0.366 e. The number of carbonyl (C=O) groups is 1. The van der Waals surface area contributed by atoms with Crippen LogP contribution in [0.1, 0.15) is 6.42 Å². The van der Waals surface area contributed by atoms with Gasteiger partial charge in [-0.2, -0.15) is 0 Å². The maximum atomic E-state index is 11.4. The Labute approximate surface area is 98.5 Å². The monoisotopic (exact) mass is 234 g/mol. The second-order valence-electron chi connectivity index (χ2n) is 3.80. The topological polar surface area (TPSA) is 75.4 Å². The molecule has 1 amide bonds. The van der Waals surface area contributed by atoms with Crippen LogP contribution in [0.5, 0.6) is 0 Å². The summed E-state index contributed by atoms with van der Waals surface area (Å²) in [7, 11) is 3.47. The molecule has 0 aliphatic heterocycles. The van der Waals surface area contributed by atoms with E-state index in [-0.39, 0.29) is 5.91 Å². The average molecular weight is 234 g/mol. The van der Waals surface area contributed by atoms with Crippen molar-refractivity contribution in [2.24, 2.45) is 0 Å². The fourth-order valence-electron chi connectivity index (χ4n) is 1.39. The second kappa shape index (κ2) is 4.77. The number of rotatable bonds is 4. The van der Waals surface area contributed by atoms with Gasteiger partial charge in [-0.1, -0.05) is 0 Å². The molecule has 2 heterocycles. The highest BCUT2D eigenvalue weighted by Crippen LogP contribution is 2.09. The molecule has 0 saturated heterocycles. The van der Waals surface area contributed by atoms with Gasteiger partial charge in [0, 0.05) is 39.5 Å². The van der Waals surface area contributed by atoms with Crippen molar-refractivity contribution in [3.05, 3.63) is 18.7 Å². The number of fused-ring (bicyclic) bond motifs is 1. The number of nitrogens with one attached hydrogen (secondary N) is 1. The smallest absolute Gasteiger partial charge is 0.223 e. The third kappa shape index (κ3) is 2.49. The van der Waals surface area contributed by atoms with Gasteiger partial charge in [-0.25, -0.2) is 4.98 Å². The number of carbonyl (C=O) groups excluding carboxylic acids is 1. The maximum absolute atomic E-state index is 11.4. The van der Waals surface area contributed by atoms with Crippen molar-refractivity contribution in [1.29, 1.82) is 0 Å². The predicted molar refractivity (Wildman–Crippen MR) is 62.6 cm³/mol. The van der Waals surface area contributed by atoms with E-state index in [0.717, 1.165) is 0 Å². The molecule has 0 bridgehead atoms. The summed E-state index contributed by atoms with van der Waals surface area (Å²) in [6, 6.07) is 0. The Morgan fingerprint density at radius 3 is 3.12 bits per heavy atom. The molecule has 2 aromatic rings. The van der Waals surface area contributed by atoms with E-state index in [1.807, 2.05) is 0 Å². The number of nitrogens with zero attached hydrogens (tertiary/aromatic N) is 5. The largest absolute Gasteiger partial charge is 0.366 e. The van der Waals surface area contributed by atoms with Crippen LogP contribution in [0.4, 0.5) is 5.82 Å². The molecule has 0 radical (unpaired) electrons. The van der Waals surface area contributed by atoms with Gasteiger partial charge in [0.05, 0.1) is 0 Å². The summed E-state index contributed by atoms with van der Waals surface area (Å²) in [4.78, 5) is 17.1. The first kappa shape index (κ1) is 11.3. The Balaban J connectivity index is 1.99. The quantitative estimate of drug-likeness (QED) is 0.806. The molecule has 0 unspecified atom stereocenters. The summed E-state index contributed by atoms with van der Waals surface area (Å²) in [5.74, 6) is 0.711. The number of anilines is 1. The highest BCUT2D eigenvalue weighted by atomic mass is 16.2. The first-order chi connectivity index (χ1) is 8.18. The van der Waals surface area contributed by atoms with Gasteiger partial charge in [-0.05, 0) is 0 Å². The summed E-state index contributed by atoms with van der Waals surface area (Å²) in [6.45, 7) is 0.524. The molecule has 7 heteroatoms. The number of amides is 1. The molecule has 0 aromatic carbocycles. The average Bonchev–Trinajstić information content (AvgIpc) is 2.77. The number of aromatic nitrogens is 4. The zero-order valence-corrected chi connectivity index (χ0v) is 9.79. The Bertz CT molecular complexity index is 520. The number of hydrogen-bond acceptors (Lipinski definition) is 5. The Morgan fingerprint density at radius 2 is 2.35 bits per heavy atom. The second-order valence-corrected chi connectivity index (χ2v) is 3.80. The van der Waals surface area contributed by atoms with E-state index in [0.29, 0.717) is 24.4 Å². The molecule has 2 aromatic heterocycles. The molecule has 0 atom stereocenters. The van der Waals surface area contributed by atoms with E-state index >= 15 is 0 Å². The number of hydrogen-bond donors (Lipinski definition) is 1. The van der Waals surface area contributed by atoms with Gasteiger partial charge in [0.2, 0.25) is 11.6 Å². The molecule has 0 saturated carbocycles. The van der Waals surface area contributed by atoms with E-state index in [4.69, 9.17) is 0 Å². The highest BCUT2D eigenvalue weighted by Gasteiger charge is 2.06. The van der Waals surface area contributed by atoms with Gasteiger partial charge in [0.1, 0.15) is 6.33 Å². The first-order valence-electron chi connectivity index (χ1n) is 5.27. The van der Waals surface area contributed by atoms with Crippen LogP contribution in [-0.2, 0) is 4.79 Å². The van der Waals surface area contributed by atoms with Crippen LogP contribution in [0.15, 0.2) is 18.7 Å². The van der Waals surface area contributed by atoms with Crippen molar-refractivity contribution < 1.29 is 4.79 Å². The van der Waals surface area contributed by atoms with Crippen LogP contribution >= 0.6 is 0 Å². The Morgan fingerprint density at radius 1 is 1.53 bits per heavy atom. The molecule has 0 aliphatic rings. The minimum atomic E-state index is 0.0749. The lowest BCUT2D eigenvalue weighted by molar-refractivity contribution is -0.128. The van der Waals surface area contributed by atoms with Crippen LogP contribution in [-0.4, -0.2) is 51.0 Å². The molecule has 2 rings (SSSR count). The summed E-state index contributed by atoms with van der Waals surface area (Å²) in [6.07, 6.45) is 5.45. The van der Waals surface area contributed by atoms with Crippen LogP contribution in [0.3, 0.4) is 0 Å². The van der Waals surface area contributed by atoms with Crippen molar-refractivity contribution in [2.45, 2.75) is 6.42 Å². The van der Waals surface area contributed by atoms with E-state index < -0.39 is 0 Å². The Hall–Kier alpha value is -2.18. The third-order valence-electron chi connectivity index (χ3n) is 2.35. The van der Waals surface area contributed by atoms with Gasteiger partial charge >= 0.3 is 0 Å². The van der Waals surface area contributed by atoms with E-state index in [1.165, 1.54) is 0 Å². The lowest BCUT2D eigenvalue weighted by Gasteiger charge is -2.10. The predicted octanol–water partition coefficient (Wildman–Crippen LogP) is 0.0145. The maximum Gasteiger partial charge on any atom is 0.223 e. The molecule has 1 N–H and O–H groups in total. The van der Waals surface area contributed by atoms with E-state index in [1.54, 1.807) is 42.1 Å². The van der Waals surface area contributed by atoms with Crippen molar-refractivity contribution in [3.63, 3.8) is 0 Å². The van der Waals surface area contributed by atoms with Crippen LogP contribution in [0.25, 0.3) is 5.65 Å². The van der Waals surface area contributed by atoms with Gasteiger partial charge in [0.15, 0.2) is 5.82 Å². The normalized spacial score (nSPS) is 10.5. The lowest BCUT2D eigenvalue weighted by atomic mass is 10.4. The molecular weight excluding hydrogens is 220 g/mol. The van der Waals surface area contributed by atoms with Crippen LogP contribution in [0, 0.1) is 0 Å². The first-order valence-corrected chi connectivity index (χ1v) is 5.27. The van der Waals surface area contributed by atoms with Crippen molar-refractivity contribution in [1.82, 2.24) is 24.5 Å². The van der Waals surface area contributed by atoms with Crippen LogP contribution in [0.2, 0.25) is 0 Å². The van der Waals surface area contributed by atoms with Gasteiger partial charge in [-0.15, -0.1) is 10.2 Å². The van der Waals surface area contributed by atoms with E-state index in [9.17, 15) is 4.79 Å². The SMILES string of the molecule is CN(C)C(=O)CCNc1nccn2cnnc12. The molecular formula is C10H14N6O. The summed E-state index contributed by atoms with van der Waals surface area (Å²) in [5.41, 5.74) is 0.657. The standard InChI is InChI=1S/C10H14N6O/c1-15(2)8(17)3-4-11-9-10-14-13-7-16(10)6-5-12-9/h5-7H,3-4H2,1-2H3,(H,11,12). The minimum absolute atomic E-state index is 0.0749.